The lowest BCUT2D eigenvalue weighted by atomic mass is 9.98. The Hall–Kier alpha value is -0.570. The van der Waals surface area contributed by atoms with Crippen molar-refractivity contribution in [3.05, 3.63) is 0 Å². The molecule has 0 saturated carbocycles. The third-order valence-electron chi connectivity index (χ3n) is 4.97. The summed E-state index contributed by atoms with van der Waals surface area (Å²) in [5.41, 5.74) is 0. The van der Waals surface area contributed by atoms with Gasteiger partial charge in [-0.05, 0) is 19.3 Å². The molecule has 5 unspecified atom stereocenters. The van der Waals surface area contributed by atoms with E-state index >= 15 is 0 Å². The Bertz CT molecular complexity index is 367. The van der Waals surface area contributed by atoms with Crippen LogP contribution >= 0.6 is 0 Å². The van der Waals surface area contributed by atoms with Crippen molar-refractivity contribution >= 4 is 5.78 Å². The molecule has 1 rings (SSSR count). The number of rotatable bonds is 14. The van der Waals surface area contributed by atoms with Crippen LogP contribution < -0.4 is 5.32 Å². The highest BCUT2D eigenvalue weighted by Crippen LogP contribution is 2.20. The lowest BCUT2D eigenvalue weighted by Crippen LogP contribution is -2.44. The standard InChI is InChI=1S/C18H35NO6/c20-11-7-9-13(22)8-5-3-1-2-4-6-10-15(23)16-18(25)17(24)14(12-21)19-16/h14-21,23-25H,1-12H2. The predicted molar refractivity (Wildman–Crippen MR) is 94.1 cm³/mol. The van der Waals surface area contributed by atoms with Crippen molar-refractivity contribution in [3.8, 4) is 0 Å². The Morgan fingerprint density at radius 1 is 0.880 bits per heavy atom. The van der Waals surface area contributed by atoms with Crippen LogP contribution in [0, 0.1) is 0 Å². The van der Waals surface area contributed by atoms with E-state index in [9.17, 15) is 20.1 Å². The van der Waals surface area contributed by atoms with Gasteiger partial charge in [0.2, 0.25) is 0 Å². The molecule has 1 aliphatic heterocycles. The number of carbonyl (C=O) groups excluding carboxylic acids is 1. The van der Waals surface area contributed by atoms with Gasteiger partial charge in [0.15, 0.2) is 0 Å². The summed E-state index contributed by atoms with van der Waals surface area (Å²) < 4.78 is 0. The SMILES string of the molecule is O=C(CCCO)CCCCCCCCC(O)C1NC(CO)C(O)C1O. The fourth-order valence-corrected chi connectivity index (χ4v) is 3.36. The van der Waals surface area contributed by atoms with E-state index in [1.54, 1.807) is 0 Å². The molecular formula is C18H35NO6. The molecular weight excluding hydrogens is 326 g/mol. The Morgan fingerprint density at radius 2 is 1.48 bits per heavy atom. The number of Topliss-reactive ketones (excluding diaryl/α,β-unsaturated/α-hetero) is 1. The zero-order chi connectivity index (χ0) is 18.7. The molecule has 0 aromatic rings. The van der Waals surface area contributed by atoms with Gasteiger partial charge in [-0.2, -0.15) is 0 Å². The van der Waals surface area contributed by atoms with Gasteiger partial charge < -0.3 is 30.8 Å². The normalized spacial score (nSPS) is 27.6. The first kappa shape index (κ1) is 22.5. The summed E-state index contributed by atoms with van der Waals surface area (Å²) in [6.45, 7) is -0.200. The molecule has 7 heteroatoms. The van der Waals surface area contributed by atoms with E-state index < -0.39 is 30.4 Å². The lowest BCUT2D eigenvalue weighted by molar-refractivity contribution is -0.119. The second-order valence-electron chi connectivity index (χ2n) is 7.06. The van der Waals surface area contributed by atoms with E-state index in [4.69, 9.17) is 10.2 Å². The molecule has 5 atom stereocenters. The minimum atomic E-state index is -1.06. The maximum Gasteiger partial charge on any atom is 0.132 e. The summed E-state index contributed by atoms with van der Waals surface area (Å²) in [6.07, 6.45) is 5.13. The third-order valence-corrected chi connectivity index (χ3v) is 4.97. The molecule has 0 spiro atoms. The average Bonchev–Trinajstić information content (AvgIpc) is 2.90. The van der Waals surface area contributed by atoms with Crippen molar-refractivity contribution < 1.29 is 30.3 Å². The smallest absolute Gasteiger partial charge is 0.132 e. The van der Waals surface area contributed by atoms with Crippen molar-refractivity contribution in [2.24, 2.45) is 0 Å². The van der Waals surface area contributed by atoms with Crippen molar-refractivity contribution in [3.63, 3.8) is 0 Å². The molecule has 1 aliphatic rings. The minimum absolute atomic E-state index is 0.0740. The number of ketones is 1. The Balaban J connectivity index is 2.02. The van der Waals surface area contributed by atoms with Gasteiger partial charge in [0.1, 0.15) is 5.78 Å². The maximum absolute atomic E-state index is 11.4. The lowest BCUT2D eigenvalue weighted by Gasteiger charge is -2.22. The van der Waals surface area contributed by atoms with E-state index in [1.807, 2.05) is 0 Å². The Morgan fingerprint density at radius 3 is 2.08 bits per heavy atom. The molecule has 0 aromatic carbocycles. The highest BCUT2D eigenvalue weighted by molar-refractivity contribution is 5.78. The molecule has 0 radical (unpaired) electrons. The number of aliphatic hydroxyl groups is 5. The summed E-state index contributed by atoms with van der Waals surface area (Å²) in [5, 5.41) is 50.4. The second kappa shape index (κ2) is 12.7. The molecule has 6 N–H and O–H groups in total. The topological polar surface area (TPSA) is 130 Å². The van der Waals surface area contributed by atoms with Crippen LogP contribution in [0.3, 0.4) is 0 Å². The van der Waals surface area contributed by atoms with Gasteiger partial charge in [-0.1, -0.05) is 32.1 Å². The summed E-state index contributed by atoms with van der Waals surface area (Å²) in [5.74, 6) is 0.225. The van der Waals surface area contributed by atoms with Gasteiger partial charge in [-0.15, -0.1) is 0 Å². The number of carbonyl (C=O) groups is 1. The van der Waals surface area contributed by atoms with Crippen molar-refractivity contribution in [1.82, 2.24) is 5.32 Å². The third kappa shape index (κ3) is 8.11. The highest BCUT2D eigenvalue weighted by atomic mass is 16.3. The van der Waals surface area contributed by atoms with Gasteiger partial charge in [-0.3, -0.25) is 4.79 Å². The van der Waals surface area contributed by atoms with E-state index in [-0.39, 0.29) is 19.0 Å². The van der Waals surface area contributed by atoms with Crippen LogP contribution in [0.2, 0.25) is 0 Å². The summed E-state index contributed by atoms with van der Waals surface area (Å²) in [7, 11) is 0. The number of unbranched alkanes of at least 4 members (excludes halogenated alkanes) is 5. The zero-order valence-electron chi connectivity index (χ0n) is 15.0. The van der Waals surface area contributed by atoms with Gasteiger partial charge in [0.25, 0.3) is 0 Å². The Kier molecular flexibility index (Phi) is 11.4. The van der Waals surface area contributed by atoms with Crippen LogP contribution in [0.1, 0.15) is 64.2 Å². The second-order valence-corrected chi connectivity index (χ2v) is 7.06. The van der Waals surface area contributed by atoms with Crippen molar-refractivity contribution in [1.29, 1.82) is 0 Å². The molecule has 0 aliphatic carbocycles. The van der Waals surface area contributed by atoms with Crippen LogP contribution in [0.5, 0.6) is 0 Å². The van der Waals surface area contributed by atoms with Crippen LogP contribution in [-0.4, -0.2) is 74.9 Å². The van der Waals surface area contributed by atoms with E-state index in [2.05, 4.69) is 5.32 Å². The summed E-state index contributed by atoms with van der Waals surface area (Å²) in [4.78, 5) is 11.4. The average molecular weight is 361 g/mol. The number of nitrogens with one attached hydrogen (secondary N) is 1. The summed E-state index contributed by atoms with van der Waals surface area (Å²) >= 11 is 0. The Labute approximate surface area is 150 Å². The van der Waals surface area contributed by atoms with Crippen LogP contribution in [0.15, 0.2) is 0 Å². The van der Waals surface area contributed by atoms with E-state index in [0.29, 0.717) is 25.7 Å². The highest BCUT2D eigenvalue weighted by Gasteiger charge is 2.43. The van der Waals surface area contributed by atoms with Crippen LogP contribution in [0.4, 0.5) is 0 Å². The van der Waals surface area contributed by atoms with Gasteiger partial charge >= 0.3 is 0 Å². The van der Waals surface area contributed by atoms with Crippen LogP contribution in [-0.2, 0) is 4.79 Å². The number of hydrogen-bond donors (Lipinski definition) is 6. The molecule has 148 valence electrons. The molecule has 1 saturated heterocycles. The molecule has 7 nitrogen and oxygen atoms in total. The molecule has 0 aromatic heterocycles. The monoisotopic (exact) mass is 361 g/mol. The first-order valence-corrected chi connectivity index (χ1v) is 9.55. The predicted octanol–water partition coefficient (Wildman–Crippen LogP) is -0.136. The first-order valence-electron chi connectivity index (χ1n) is 9.55. The fourth-order valence-electron chi connectivity index (χ4n) is 3.36. The molecule has 0 amide bonds. The van der Waals surface area contributed by atoms with Crippen molar-refractivity contribution in [2.75, 3.05) is 13.2 Å². The summed E-state index contributed by atoms with van der Waals surface area (Å²) in [6, 6.07) is -1.19. The van der Waals surface area contributed by atoms with Crippen molar-refractivity contribution in [2.45, 2.75) is 94.6 Å². The quantitative estimate of drug-likeness (QED) is 0.238. The molecule has 0 bridgehead atoms. The molecule has 1 fully saturated rings. The number of aliphatic hydroxyl groups excluding tert-OH is 5. The van der Waals surface area contributed by atoms with Gasteiger partial charge in [0, 0.05) is 19.4 Å². The van der Waals surface area contributed by atoms with E-state index in [0.717, 1.165) is 38.5 Å². The molecule has 25 heavy (non-hydrogen) atoms. The van der Waals surface area contributed by atoms with Gasteiger partial charge in [-0.25, -0.2) is 0 Å². The first-order chi connectivity index (χ1) is 12.0. The largest absolute Gasteiger partial charge is 0.396 e. The number of hydrogen-bond acceptors (Lipinski definition) is 7. The van der Waals surface area contributed by atoms with Crippen LogP contribution in [0.25, 0.3) is 0 Å². The molecule has 1 heterocycles. The van der Waals surface area contributed by atoms with Gasteiger partial charge in [0.05, 0.1) is 37.0 Å². The zero-order valence-corrected chi connectivity index (χ0v) is 15.0. The van der Waals surface area contributed by atoms with E-state index in [1.165, 1.54) is 0 Å². The maximum atomic E-state index is 11.4. The fraction of sp³-hybridized carbons (Fsp3) is 0.944. The minimum Gasteiger partial charge on any atom is -0.396 e.